The van der Waals surface area contributed by atoms with Gasteiger partial charge in [0.2, 0.25) is 6.29 Å². The van der Waals surface area contributed by atoms with Gasteiger partial charge in [0.25, 0.3) is 0 Å². The number of esters is 1. The van der Waals surface area contributed by atoms with E-state index in [2.05, 4.69) is 13.8 Å². The number of morpholine rings is 1. The average molecular weight is 285 g/mol. The molecule has 0 radical (unpaired) electrons. The third-order valence-corrected chi connectivity index (χ3v) is 5.14. The van der Waals surface area contributed by atoms with Gasteiger partial charge in [0, 0.05) is 25.0 Å². The molecule has 6 nitrogen and oxygen atoms in total. The van der Waals surface area contributed by atoms with E-state index in [0.29, 0.717) is 5.92 Å². The van der Waals surface area contributed by atoms with Gasteiger partial charge in [-0.1, -0.05) is 0 Å². The molecule has 3 rings (SSSR count). The van der Waals surface area contributed by atoms with E-state index in [1.807, 2.05) is 4.90 Å². The number of hydrogen-bond acceptors (Lipinski definition) is 6. The Kier molecular flexibility index (Phi) is 3.52. The normalized spacial score (nSPS) is 44.4. The first-order valence-corrected chi connectivity index (χ1v) is 7.26. The molecular formula is C14H23NO5. The highest BCUT2D eigenvalue weighted by molar-refractivity contribution is 5.72. The lowest BCUT2D eigenvalue weighted by Gasteiger charge is -2.58. The molecule has 3 aliphatic rings. The van der Waals surface area contributed by atoms with Crippen LogP contribution in [0, 0.1) is 5.92 Å². The summed E-state index contributed by atoms with van der Waals surface area (Å²) < 4.78 is 16.4. The second-order valence-electron chi connectivity index (χ2n) is 6.50. The van der Waals surface area contributed by atoms with Crippen molar-refractivity contribution in [3.05, 3.63) is 0 Å². The molecule has 0 amide bonds. The Morgan fingerprint density at radius 2 is 2.15 bits per heavy atom. The number of ether oxygens (including phenoxy) is 3. The van der Waals surface area contributed by atoms with Crippen molar-refractivity contribution in [2.45, 2.75) is 63.4 Å². The van der Waals surface area contributed by atoms with Crippen LogP contribution in [0.15, 0.2) is 0 Å². The smallest absolute Gasteiger partial charge is 0.322 e. The second kappa shape index (κ2) is 4.94. The van der Waals surface area contributed by atoms with Gasteiger partial charge in [-0.05, 0) is 26.7 Å². The van der Waals surface area contributed by atoms with Gasteiger partial charge in [-0.3, -0.25) is 9.69 Å². The molecule has 0 aromatic rings. The van der Waals surface area contributed by atoms with Crippen LogP contribution in [0.25, 0.3) is 0 Å². The molecule has 20 heavy (non-hydrogen) atoms. The van der Waals surface area contributed by atoms with E-state index in [-0.39, 0.29) is 24.3 Å². The molecule has 3 fully saturated rings. The van der Waals surface area contributed by atoms with Crippen molar-refractivity contribution in [2.24, 2.45) is 5.92 Å². The predicted molar refractivity (Wildman–Crippen MR) is 69.7 cm³/mol. The standard InChI is InChI=1S/C14H23NO5/c1-14(2)9-5-4-8(18-3)6-10(9)19-12-13(17)20-11(16)7-15(12)14/h8-10,12-13,17H,4-7H2,1-3H3/t8-,9-,10-,12+,13?/m1/s1. The third kappa shape index (κ3) is 2.15. The van der Waals surface area contributed by atoms with Gasteiger partial charge in [0.15, 0.2) is 6.23 Å². The predicted octanol–water partition coefficient (Wildman–Crippen LogP) is 0.482. The lowest BCUT2D eigenvalue weighted by molar-refractivity contribution is -0.316. The Morgan fingerprint density at radius 3 is 2.85 bits per heavy atom. The Labute approximate surface area is 119 Å². The number of carbonyl (C=O) groups is 1. The zero-order valence-corrected chi connectivity index (χ0v) is 12.2. The van der Waals surface area contributed by atoms with Crippen LogP contribution in [-0.4, -0.2) is 59.9 Å². The number of cyclic esters (lactones) is 1. The van der Waals surface area contributed by atoms with E-state index in [9.17, 15) is 9.90 Å². The molecule has 6 heteroatoms. The highest BCUT2D eigenvalue weighted by atomic mass is 16.7. The third-order valence-electron chi connectivity index (χ3n) is 5.14. The largest absolute Gasteiger partial charge is 0.431 e. The molecule has 2 saturated heterocycles. The summed E-state index contributed by atoms with van der Waals surface area (Å²) in [6.07, 6.45) is 1.31. The number of aliphatic hydroxyl groups is 1. The lowest BCUT2D eigenvalue weighted by Crippen LogP contribution is -2.70. The van der Waals surface area contributed by atoms with E-state index >= 15 is 0 Å². The molecule has 1 saturated carbocycles. The van der Waals surface area contributed by atoms with E-state index in [1.54, 1.807) is 7.11 Å². The highest BCUT2D eigenvalue weighted by Crippen LogP contribution is 2.45. The summed E-state index contributed by atoms with van der Waals surface area (Å²) in [4.78, 5) is 13.5. The second-order valence-corrected chi connectivity index (χ2v) is 6.50. The maximum absolute atomic E-state index is 11.6. The Hall–Kier alpha value is -0.690. The average Bonchev–Trinajstić information content (AvgIpc) is 2.40. The summed E-state index contributed by atoms with van der Waals surface area (Å²) in [5, 5.41) is 9.98. The quantitative estimate of drug-likeness (QED) is 0.707. The summed E-state index contributed by atoms with van der Waals surface area (Å²) in [6.45, 7) is 4.42. The number of carbonyl (C=O) groups excluding carboxylic acids is 1. The SMILES string of the molecule is CO[C@@H]1CC[C@@H]2[C@@H](C1)O[C@H]1C(O)OC(=O)CN1C2(C)C. The topological polar surface area (TPSA) is 68.2 Å². The van der Waals surface area contributed by atoms with Crippen LogP contribution in [0.5, 0.6) is 0 Å². The summed E-state index contributed by atoms with van der Waals surface area (Å²) in [5.41, 5.74) is -0.202. The van der Waals surface area contributed by atoms with Crippen LogP contribution < -0.4 is 0 Å². The van der Waals surface area contributed by atoms with Gasteiger partial charge in [-0.2, -0.15) is 0 Å². The van der Waals surface area contributed by atoms with Crippen LogP contribution in [0.4, 0.5) is 0 Å². The van der Waals surface area contributed by atoms with Gasteiger partial charge in [-0.25, -0.2) is 0 Å². The molecule has 0 aromatic heterocycles. The first-order valence-electron chi connectivity index (χ1n) is 7.26. The van der Waals surface area contributed by atoms with Crippen molar-refractivity contribution in [3.8, 4) is 0 Å². The minimum atomic E-state index is -1.21. The van der Waals surface area contributed by atoms with Gasteiger partial charge in [-0.15, -0.1) is 0 Å². The summed E-state index contributed by atoms with van der Waals surface area (Å²) in [5.74, 6) is -0.0577. The molecule has 0 bridgehead atoms. The summed E-state index contributed by atoms with van der Waals surface area (Å²) in [7, 11) is 1.72. The van der Waals surface area contributed by atoms with E-state index in [0.717, 1.165) is 19.3 Å². The van der Waals surface area contributed by atoms with Crippen LogP contribution in [0.3, 0.4) is 0 Å². The van der Waals surface area contributed by atoms with E-state index in [4.69, 9.17) is 14.2 Å². The number of hydrogen-bond donors (Lipinski definition) is 1. The summed E-state index contributed by atoms with van der Waals surface area (Å²) in [6, 6.07) is 0. The van der Waals surface area contributed by atoms with Crippen molar-refractivity contribution >= 4 is 5.97 Å². The number of rotatable bonds is 1. The van der Waals surface area contributed by atoms with E-state index < -0.39 is 18.5 Å². The van der Waals surface area contributed by atoms with Crippen molar-refractivity contribution in [3.63, 3.8) is 0 Å². The Balaban J connectivity index is 1.85. The summed E-state index contributed by atoms with van der Waals surface area (Å²) >= 11 is 0. The fourth-order valence-electron chi connectivity index (χ4n) is 3.94. The van der Waals surface area contributed by atoms with Crippen molar-refractivity contribution < 1.29 is 24.1 Å². The Bertz CT molecular complexity index is 399. The van der Waals surface area contributed by atoms with Crippen LogP contribution >= 0.6 is 0 Å². The minimum absolute atomic E-state index is 0.0383. The van der Waals surface area contributed by atoms with Crippen molar-refractivity contribution in [1.29, 1.82) is 0 Å². The van der Waals surface area contributed by atoms with Crippen LogP contribution in [0.1, 0.15) is 33.1 Å². The van der Waals surface area contributed by atoms with Crippen LogP contribution in [0.2, 0.25) is 0 Å². The number of fused-ring (bicyclic) bond motifs is 2. The first kappa shape index (κ1) is 14.3. The van der Waals surface area contributed by atoms with Gasteiger partial charge >= 0.3 is 5.97 Å². The number of methoxy groups -OCH3 is 1. The fraction of sp³-hybridized carbons (Fsp3) is 0.929. The zero-order valence-electron chi connectivity index (χ0n) is 12.2. The molecule has 0 aromatic carbocycles. The van der Waals surface area contributed by atoms with Gasteiger partial charge < -0.3 is 19.3 Å². The molecule has 2 aliphatic heterocycles. The lowest BCUT2D eigenvalue weighted by atomic mass is 9.71. The molecule has 1 aliphatic carbocycles. The minimum Gasteiger partial charge on any atom is -0.431 e. The number of nitrogens with zero attached hydrogens (tertiary/aromatic N) is 1. The maximum Gasteiger partial charge on any atom is 0.322 e. The maximum atomic E-state index is 11.6. The monoisotopic (exact) mass is 285 g/mol. The highest BCUT2D eigenvalue weighted by Gasteiger charge is 2.55. The molecule has 2 heterocycles. The molecule has 1 unspecified atom stereocenters. The van der Waals surface area contributed by atoms with Gasteiger partial charge in [0.1, 0.15) is 0 Å². The molecule has 1 N–H and O–H groups in total. The molecule has 5 atom stereocenters. The molecule has 114 valence electrons. The number of aliphatic hydroxyl groups excluding tert-OH is 1. The zero-order chi connectivity index (χ0) is 14.5. The fourth-order valence-corrected chi connectivity index (χ4v) is 3.94. The van der Waals surface area contributed by atoms with Crippen LogP contribution in [-0.2, 0) is 19.0 Å². The van der Waals surface area contributed by atoms with Gasteiger partial charge in [0.05, 0.1) is 18.8 Å². The van der Waals surface area contributed by atoms with Crippen molar-refractivity contribution in [1.82, 2.24) is 4.90 Å². The van der Waals surface area contributed by atoms with E-state index in [1.165, 1.54) is 0 Å². The molecular weight excluding hydrogens is 262 g/mol. The van der Waals surface area contributed by atoms with Crippen molar-refractivity contribution in [2.75, 3.05) is 13.7 Å². The molecule has 0 spiro atoms. The Morgan fingerprint density at radius 1 is 1.40 bits per heavy atom. The first-order chi connectivity index (χ1) is 9.43.